The van der Waals surface area contributed by atoms with Crippen LogP contribution in [0, 0.1) is 0 Å². The quantitative estimate of drug-likeness (QED) is 0.472. The molecule has 0 saturated heterocycles. The summed E-state index contributed by atoms with van der Waals surface area (Å²) in [6.07, 6.45) is 1.96. The lowest BCUT2D eigenvalue weighted by Crippen LogP contribution is -1.73. The summed E-state index contributed by atoms with van der Waals surface area (Å²) in [7, 11) is 0. The van der Waals surface area contributed by atoms with E-state index in [4.69, 9.17) is 33.1 Å². The molecule has 0 radical (unpaired) electrons. The van der Waals surface area contributed by atoms with Crippen molar-refractivity contribution in [2.24, 2.45) is 0 Å². The van der Waals surface area contributed by atoms with Crippen LogP contribution in [0.4, 0.5) is 4.79 Å². The Morgan fingerprint density at radius 2 is 1.56 bits per heavy atom. The zero-order chi connectivity index (χ0) is 7.49. The highest BCUT2D eigenvalue weighted by molar-refractivity contribution is 6.60. The first-order valence-electron chi connectivity index (χ1n) is 2.20. The van der Waals surface area contributed by atoms with Crippen LogP contribution in [0.2, 0.25) is 0 Å². The normalized spacial score (nSPS) is 19.4. The fraction of sp³-hybridized carbons (Fsp3) is 0.750. The highest BCUT2D eigenvalue weighted by Gasteiger charge is 2.37. The smallest absolute Gasteiger partial charge is 0.401 e. The molecule has 0 amide bonds. The molecule has 0 aliphatic heterocycles. The van der Waals surface area contributed by atoms with Crippen LogP contribution in [-0.2, 0) is 0 Å². The van der Waals surface area contributed by atoms with Crippen molar-refractivity contribution < 1.29 is 9.90 Å². The van der Waals surface area contributed by atoms with Crippen LogP contribution in [0.25, 0.3) is 0 Å². The number of rotatable bonds is 0. The second-order valence-electron chi connectivity index (χ2n) is 1.61. The fourth-order valence-electron chi connectivity index (χ4n) is 0.0945. The van der Waals surface area contributed by atoms with Gasteiger partial charge in [0.1, 0.15) is 4.33 Å². The van der Waals surface area contributed by atoms with E-state index in [0.29, 0.717) is 0 Å². The van der Waals surface area contributed by atoms with Gasteiger partial charge in [0, 0.05) is 11.6 Å². The minimum atomic E-state index is -1.36. The van der Waals surface area contributed by atoms with Crippen LogP contribution in [-0.4, -0.2) is 14.9 Å². The molecule has 0 aromatic rings. The molecule has 1 fully saturated rings. The van der Waals surface area contributed by atoms with Crippen molar-refractivity contribution >= 4 is 40.2 Å². The molecule has 9 heavy (non-hydrogen) atoms. The number of hydrogen-bond donors (Lipinski definition) is 1. The van der Waals surface area contributed by atoms with Crippen LogP contribution in [0.3, 0.4) is 0 Å². The summed E-state index contributed by atoms with van der Waals surface area (Å²) in [5.74, 6) is 0. The van der Waals surface area contributed by atoms with Gasteiger partial charge in [-0.15, -0.1) is 23.2 Å². The van der Waals surface area contributed by atoms with E-state index in [1.807, 2.05) is 0 Å². The first-order valence-corrected chi connectivity index (χ1v) is 3.34. The monoisotopic (exact) mass is 190 g/mol. The van der Waals surface area contributed by atoms with Gasteiger partial charge >= 0.3 is 5.43 Å². The standard InChI is InChI=1S/C3H4Cl2.CHClO2/c4-3(5)1-2-3;2-1(3)4/h1-2H2;(H,3,4). The van der Waals surface area contributed by atoms with E-state index in [0.717, 1.165) is 12.8 Å². The van der Waals surface area contributed by atoms with E-state index in [1.54, 1.807) is 0 Å². The summed E-state index contributed by atoms with van der Waals surface area (Å²) >= 11 is 15.0. The van der Waals surface area contributed by atoms with E-state index < -0.39 is 5.43 Å². The second-order valence-corrected chi connectivity index (χ2v) is 3.57. The van der Waals surface area contributed by atoms with Crippen LogP contribution < -0.4 is 0 Å². The number of hydrogen-bond acceptors (Lipinski definition) is 1. The topological polar surface area (TPSA) is 37.3 Å². The summed E-state index contributed by atoms with van der Waals surface area (Å²) in [6.45, 7) is 0. The van der Waals surface area contributed by atoms with Crippen LogP contribution in [0.5, 0.6) is 0 Å². The first kappa shape index (κ1) is 9.34. The van der Waals surface area contributed by atoms with Gasteiger partial charge in [-0.2, -0.15) is 0 Å². The second kappa shape index (κ2) is 3.49. The molecular weight excluding hydrogens is 186 g/mol. The van der Waals surface area contributed by atoms with Gasteiger partial charge in [-0.05, 0) is 12.8 Å². The molecule has 2 nitrogen and oxygen atoms in total. The van der Waals surface area contributed by atoms with Crippen LogP contribution in [0.15, 0.2) is 0 Å². The fourth-order valence-corrected chi connectivity index (χ4v) is 0.283. The van der Waals surface area contributed by atoms with Crippen molar-refractivity contribution in [3.8, 4) is 0 Å². The Balaban J connectivity index is 0.000000148. The highest BCUT2D eigenvalue weighted by atomic mass is 35.5. The van der Waals surface area contributed by atoms with Crippen LogP contribution >= 0.6 is 34.8 Å². The molecule has 1 aliphatic rings. The van der Waals surface area contributed by atoms with E-state index in [-0.39, 0.29) is 4.33 Å². The zero-order valence-corrected chi connectivity index (χ0v) is 6.67. The third-order valence-electron chi connectivity index (χ3n) is 0.628. The van der Waals surface area contributed by atoms with Crippen molar-refractivity contribution in [2.45, 2.75) is 17.2 Å². The summed E-state index contributed by atoms with van der Waals surface area (Å²) in [5, 5.41) is 7.18. The summed E-state index contributed by atoms with van der Waals surface area (Å²) in [4.78, 5) is 8.77. The number of halogens is 3. The lowest BCUT2D eigenvalue weighted by atomic mass is 11.0. The minimum absolute atomic E-state index is 0.306. The lowest BCUT2D eigenvalue weighted by Gasteiger charge is -1.79. The van der Waals surface area contributed by atoms with Gasteiger partial charge < -0.3 is 5.11 Å². The minimum Gasteiger partial charge on any atom is -0.469 e. The van der Waals surface area contributed by atoms with Gasteiger partial charge in [0.25, 0.3) is 0 Å². The Morgan fingerprint density at radius 1 is 1.44 bits per heavy atom. The summed E-state index contributed by atoms with van der Waals surface area (Å²) in [5.41, 5.74) is -1.36. The van der Waals surface area contributed by atoms with Crippen molar-refractivity contribution in [3.05, 3.63) is 0 Å². The molecule has 0 spiro atoms. The van der Waals surface area contributed by atoms with E-state index in [1.165, 1.54) is 0 Å². The average molecular weight is 191 g/mol. The maximum atomic E-state index is 8.77. The highest BCUT2D eigenvalue weighted by Crippen LogP contribution is 2.46. The molecule has 1 saturated carbocycles. The van der Waals surface area contributed by atoms with Crippen molar-refractivity contribution in [1.82, 2.24) is 0 Å². The van der Waals surface area contributed by atoms with Gasteiger partial charge in [-0.25, -0.2) is 4.79 Å². The van der Waals surface area contributed by atoms with Gasteiger partial charge in [-0.3, -0.25) is 0 Å². The molecule has 0 heterocycles. The molecule has 0 aromatic heterocycles. The summed E-state index contributed by atoms with van der Waals surface area (Å²) < 4.78 is -0.306. The van der Waals surface area contributed by atoms with E-state index in [2.05, 4.69) is 11.6 Å². The molecule has 1 rings (SSSR count). The van der Waals surface area contributed by atoms with Crippen molar-refractivity contribution in [1.29, 1.82) is 0 Å². The maximum Gasteiger partial charge on any atom is 0.401 e. The van der Waals surface area contributed by atoms with E-state index >= 15 is 0 Å². The van der Waals surface area contributed by atoms with Crippen molar-refractivity contribution in [2.75, 3.05) is 0 Å². The Hall–Kier alpha value is 0.340. The maximum absolute atomic E-state index is 8.77. The molecule has 0 bridgehead atoms. The molecule has 1 aliphatic carbocycles. The summed E-state index contributed by atoms with van der Waals surface area (Å²) in [6, 6.07) is 0. The SMILES string of the molecule is ClC1(Cl)CC1.O=C(O)Cl. The molecule has 0 aromatic carbocycles. The zero-order valence-electron chi connectivity index (χ0n) is 4.40. The molecular formula is C4H5Cl3O2. The Kier molecular flexibility index (Phi) is 3.63. The third kappa shape index (κ3) is 11.8. The molecule has 5 heteroatoms. The number of carbonyl (C=O) groups is 1. The average Bonchev–Trinajstić information content (AvgIpc) is 2.16. The van der Waals surface area contributed by atoms with Crippen LogP contribution in [0.1, 0.15) is 12.8 Å². The van der Waals surface area contributed by atoms with Gasteiger partial charge in [-0.1, -0.05) is 0 Å². The van der Waals surface area contributed by atoms with E-state index in [9.17, 15) is 0 Å². The van der Waals surface area contributed by atoms with Gasteiger partial charge in [0.05, 0.1) is 0 Å². The number of alkyl halides is 2. The Bertz CT molecular complexity index is 102. The molecule has 0 unspecified atom stereocenters. The lowest BCUT2D eigenvalue weighted by molar-refractivity contribution is 0.220. The third-order valence-corrected chi connectivity index (χ3v) is 1.38. The Labute approximate surface area is 67.7 Å². The van der Waals surface area contributed by atoms with Gasteiger partial charge in [0.2, 0.25) is 0 Å². The predicted molar refractivity (Wildman–Crippen MR) is 37.5 cm³/mol. The molecule has 54 valence electrons. The van der Waals surface area contributed by atoms with Gasteiger partial charge in [0.15, 0.2) is 0 Å². The Morgan fingerprint density at radius 3 is 1.56 bits per heavy atom. The largest absolute Gasteiger partial charge is 0.469 e. The molecule has 0 atom stereocenters. The van der Waals surface area contributed by atoms with Crippen molar-refractivity contribution in [3.63, 3.8) is 0 Å². The molecule has 1 N–H and O–H groups in total. The number of carboxylic acid groups (broad SMARTS) is 1. The predicted octanol–water partition coefficient (Wildman–Crippen LogP) is 2.86. The first-order chi connectivity index (χ1) is 3.94.